The molecule has 0 saturated heterocycles. The Labute approximate surface area is 159 Å². The highest BCUT2D eigenvalue weighted by Gasteiger charge is 2.36. The topological polar surface area (TPSA) is 35.5 Å². The number of carbonyl (C=O) groups excluding carboxylic acids is 1. The summed E-state index contributed by atoms with van der Waals surface area (Å²) in [7, 11) is 1.62. The molecule has 1 aromatic rings. The summed E-state index contributed by atoms with van der Waals surface area (Å²) in [4.78, 5) is 12.5. The predicted molar refractivity (Wildman–Crippen MR) is 107 cm³/mol. The maximum Gasteiger partial charge on any atom is 0.338 e. The molecule has 0 N–H and O–H groups in total. The van der Waals surface area contributed by atoms with Crippen LogP contribution in [0.5, 0.6) is 5.75 Å². The minimum absolute atomic E-state index is 0.0135. The highest BCUT2D eigenvalue weighted by molar-refractivity contribution is 5.89. The third-order valence-corrected chi connectivity index (χ3v) is 6.18. The van der Waals surface area contributed by atoms with Gasteiger partial charge in [0.1, 0.15) is 11.9 Å². The van der Waals surface area contributed by atoms with E-state index in [-0.39, 0.29) is 12.1 Å². The molecule has 1 fully saturated rings. The summed E-state index contributed by atoms with van der Waals surface area (Å²) in [6.07, 6.45) is 8.08. The smallest absolute Gasteiger partial charge is 0.338 e. The lowest BCUT2D eigenvalue weighted by molar-refractivity contribution is 0.0160. The van der Waals surface area contributed by atoms with E-state index >= 15 is 0 Å². The molecule has 2 rings (SSSR count). The van der Waals surface area contributed by atoms with Crippen LogP contribution in [-0.2, 0) is 4.74 Å². The molecular formula is C23H36O3. The third kappa shape index (κ3) is 5.49. The number of hydrogen-bond donors (Lipinski definition) is 0. The van der Waals surface area contributed by atoms with Gasteiger partial charge in [-0.25, -0.2) is 4.79 Å². The van der Waals surface area contributed by atoms with Gasteiger partial charge in [-0.15, -0.1) is 0 Å². The van der Waals surface area contributed by atoms with Crippen LogP contribution in [-0.4, -0.2) is 19.2 Å². The van der Waals surface area contributed by atoms with Gasteiger partial charge in [0.2, 0.25) is 0 Å². The molecule has 0 heterocycles. The third-order valence-electron chi connectivity index (χ3n) is 6.18. The second-order valence-electron chi connectivity index (χ2n) is 8.59. The molecule has 3 heteroatoms. The molecule has 1 aromatic carbocycles. The molecule has 0 radical (unpaired) electrons. The number of esters is 1. The largest absolute Gasteiger partial charge is 0.497 e. The zero-order valence-electron chi connectivity index (χ0n) is 17.2. The Hall–Kier alpha value is -1.51. The van der Waals surface area contributed by atoms with Crippen LogP contribution < -0.4 is 4.74 Å². The Morgan fingerprint density at radius 3 is 2.50 bits per heavy atom. The summed E-state index contributed by atoms with van der Waals surface area (Å²) in [6.45, 7) is 9.36. The molecule has 1 aliphatic rings. The van der Waals surface area contributed by atoms with Gasteiger partial charge >= 0.3 is 5.97 Å². The number of hydrogen-bond acceptors (Lipinski definition) is 3. The van der Waals surface area contributed by atoms with Crippen LogP contribution in [0.15, 0.2) is 24.3 Å². The molecule has 0 aliphatic heterocycles. The van der Waals surface area contributed by atoms with E-state index in [4.69, 9.17) is 9.47 Å². The molecule has 0 spiro atoms. The monoisotopic (exact) mass is 360 g/mol. The van der Waals surface area contributed by atoms with Gasteiger partial charge in [-0.05, 0) is 67.2 Å². The average Bonchev–Trinajstić information content (AvgIpc) is 2.60. The van der Waals surface area contributed by atoms with Crippen molar-refractivity contribution in [1.29, 1.82) is 0 Å². The van der Waals surface area contributed by atoms with E-state index in [2.05, 4.69) is 27.7 Å². The van der Waals surface area contributed by atoms with Crippen LogP contribution >= 0.6 is 0 Å². The van der Waals surface area contributed by atoms with Crippen molar-refractivity contribution in [3.8, 4) is 5.75 Å². The lowest BCUT2D eigenvalue weighted by Gasteiger charge is -2.43. The Morgan fingerprint density at radius 1 is 1.23 bits per heavy atom. The quantitative estimate of drug-likeness (QED) is 0.513. The predicted octanol–water partition coefficient (Wildman–Crippen LogP) is 6.26. The molecule has 0 bridgehead atoms. The second-order valence-corrected chi connectivity index (χ2v) is 8.59. The fourth-order valence-corrected chi connectivity index (χ4v) is 4.61. The van der Waals surface area contributed by atoms with Crippen LogP contribution in [0.25, 0.3) is 0 Å². The average molecular weight is 361 g/mol. The van der Waals surface area contributed by atoms with Crippen molar-refractivity contribution in [1.82, 2.24) is 0 Å². The standard InChI is InChI=1S/C23H36O3/c1-6-8-20(14-15-21-17(2)9-7-16-23(21,3)4)26-22(24)18-10-12-19(25-5)13-11-18/h10-13,17,20-21H,6-9,14-16H2,1-5H3/t17-,20?,21+/m0/s1. The van der Waals surface area contributed by atoms with E-state index in [0.717, 1.165) is 43.3 Å². The first-order chi connectivity index (χ1) is 12.4. The summed E-state index contributed by atoms with van der Waals surface area (Å²) in [6, 6.07) is 7.16. The number of methoxy groups -OCH3 is 1. The maximum atomic E-state index is 12.5. The van der Waals surface area contributed by atoms with Crippen LogP contribution in [0.3, 0.4) is 0 Å². The van der Waals surface area contributed by atoms with Crippen molar-refractivity contribution < 1.29 is 14.3 Å². The number of benzene rings is 1. The zero-order chi connectivity index (χ0) is 19.2. The van der Waals surface area contributed by atoms with Crippen LogP contribution in [0.4, 0.5) is 0 Å². The van der Waals surface area contributed by atoms with E-state index in [1.807, 2.05) is 0 Å². The zero-order valence-corrected chi connectivity index (χ0v) is 17.2. The van der Waals surface area contributed by atoms with Gasteiger partial charge in [0.25, 0.3) is 0 Å². The normalized spacial score (nSPS) is 23.3. The number of ether oxygens (including phenoxy) is 2. The lowest BCUT2D eigenvalue weighted by atomic mass is 9.62. The van der Waals surface area contributed by atoms with E-state index in [1.165, 1.54) is 19.3 Å². The maximum absolute atomic E-state index is 12.5. The molecule has 1 aliphatic carbocycles. The first-order valence-corrected chi connectivity index (χ1v) is 10.2. The molecular weight excluding hydrogens is 324 g/mol. The molecule has 3 nitrogen and oxygen atoms in total. The lowest BCUT2D eigenvalue weighted by Crippen LogP contribution is -2.34. The summed E-state index contributed by atoms with van der Waals surface area (Å²) >= 11 is 0. The van der Waals surface area contributed by atoms with Gasteiger partial charge in [0.05, 0.1) is 12.7 Å². The van der Waals surface area contributed by atoms with Crippen LogP contribution in [0.1, 0.15) is 83.0 Å². The summed E-state index contributed by atoms with van der Waals surface area (Å²) in [5.41, 5.74) is 0.993. The number of carbonyl (C=O) groups is 1. The summed E-state index contributed by atoms with van der Waals surface area (Å²) in [5, 5.41) is 0. The molecule has 3 atom stereocenters. The minimum Gasteiger partial charge on any atom is -0.497 e. The Morgan fingerprint density at radius 2 is 1.92 bits per heavy atom. The van der Waals surface area contributed by atoms with Crippen molar-refractivity contribution in [3.05, 3.63) is 29.8 Å². The van der Waals surface area contributed by atoms with Gasteiger partial charge in [0, 0.05) is 0 Å². The first-order valence-electron chi connectivity index (χ1n) is 10.2. The van der Waals surface area contributed by atoms with Gasteiger partial charge < -0.3 is 9.47 Å². The first kappa shape index (κ1) is 20.8. The molecule has 0 aromatic heterocycles. The van der Waals surface area contributed by atoms with Crippen LogP contribution in [0.2, 0.25) is 0 Å². The highest BCUT2D eigenvalue weighted by Crippen LogP contribution is 2.46. The molecule has 146 valence electrons. The molecule has 0 amide bonds. The number of rotatable bonds is 8. The van der Waals surface area contributed by atoms with E-state index < -0.39 is 0 Å². The Balaban J connectivity index is 1.95. The van der Waals surface area contributed by atoms with Gasteiger partial charge in [-0.2, -0.15) is 0 Å². The van der Waals surface area contributed by atoms with E-state index in [0.29, 0.717) is 11.0 Å². The Kier molecular flexibility index (Phi) is 7.55. The molecule has 1 unspecified atom stereocenters. The van der Waals surface area contributed by atoms with Crippen molar-refractivity contribution in [3.63, 3.8) is 0 Å². The molecule has 1 saturated carbocycles. The minimum atomic E-state index is -0.220. The van der Waals surface area contributed by atoms with Crippen molar-refractivity contribution >= 4 is 5.97 Å². The van der Waals surface area contributed by atoms with E-state index in [1.54, 1.807) is 31.4 Å². The van der Waals surface area contributed by atoms with Gasteiger partial charge in [-0.3, -0.25) is 0 Å². The fraction of sp³-hybridized carbons (Fsp3) is 0.696. The SMILES string of the molecule is CCCC(CC[C@@H]1[C@@H](C)CCCC1(C)C)OC(=O)c1ccc(OC)cc1. The van der Waals surface area contributed by atoms with Crippen molar-refractivity contribution in [2.24, 2.45) is 17.3 Å². The van der Waals surface area contributed by atoms with Gasteiger partial charge in [0.15, 0.2) is 0 Å². The Bertz CT molecular complexity index is 561. The van der Waals surface area contributed by atoms with Crippen LogP contribution in [0, 0.1) is 17.3 Å². The fourth-order valence-electron chi connectivity index (χ4n) is 4.61. The van der Waals surface area contributed by atoms with Crippen molar-refractivity contribution in [2.45, 2.75) is 78.7 Å². The summed E-state index contributed by atoms with van der Waals surface area (Å²) < 4.78 is 11.0. The summed E-state index contributed by atoms with van der Waals surface area (Å²) in [5.74, 6) is 2.01. The van der Waals surface area contributed by atoms with Crippen molar-refractivity contribution in [2.75, 3.05) is 7.11 Å². The van der Waals surface area contributed by atoms with Gasteiger partial charge in [-0.1, -0.05) is 47.0 Å². The molecule has 26 heavy (non-hydrogen) atoms. The van der Waals surface area contributed by atoms with E-state index in [9.17, 15) is 4.79 Å². The highest BCUT2D eigenvalue weighted by atomic mass is 16.5. The second kappa shape index (κ2) is 9.43.